The number of hydrogen-bond acceptors (Lipinski definition) is 4. The zero-order valence-electron chi connectivity index (χ0n) is 13.9. The van der Waals surface area contributed by atoms with Gasteiger partial charge in [-0.15, -0.1) is 6.58 Å². The van der Waals surface area contributed by atoms with E-state index in [1.807, 2.05) is 30.3 Å². The minimum Gasteiger partial charge on any atom is -0.394 e. The highest BCUT2D eigenvalue weighted by Crippen LogP contribution is 2.16. The minimum atomic E-state index is -0.578. The Morgan fingerprint density at radius 2 is 1.83 bits per heavy atom. The van der Waals surface area contributed by atoms with Crippen molar-refractivity contribution in [1.29, 1.82) is 0 Å². The quantitative estimate of drug-likeness (QED) is 0.478. The van der Waals surface area contributed by atoms with Gasteiger partial charge in [-0.3, -0.25) is 9.59 Å². The molecule has 0 saturated carbocycles. The first-order valence-electron chi connectivity index (χ1n) is 7.99. The average molecular weight is 334 g/mol. The summed E-state index contributed by atoms with van der Waals surface area (Å²) in [4.78, 5) is 24.4. The minimum absolute atomic E-state index is 0.00483. The number of hydrogen-bond donors (Lipinski definition) is 4. The van der Waals surface area contributed by atoms with E-state index in [9.17, 15) is 14.7 Å². The molecule has 0 heterocycles. The first kappa shape index (κ1) is 19.9. The maximum absolute atomic E-state index is 12.5. The molecule has 0 radical (unpaired) electrons. The predicted octanol–water partition coefficient (Wildman–Crippen LogP) is 0.916. The number of benzene rings is 1. The Bertz CT molecular complexity index is 533. The maximum atomic E-state index is 12.5. The average Bonchev–Trinajstić information content (AvgIpc) is 2.59. The van der Waals surface area contributed by atoms with Crippen molar-refractivity contribution in [2.45, 2.75) is 31.8 Å². The van der Waals surface area contributed by atoms with Crippen LogP contribution in [0, 0.1) is 5.92 Å². The summed E-state index contributed by atoms with van der Waals surface area (Å²) in [6, 6.07) is 8.26. The smallest absolute Gasteiger partial charge is 0.224 e. The molecular weight excluding hydrogens is 308 g/mol. The van der Waals surface area contributed by atoms with Crippen LogP contribution in [0.5, 0.6) is 0 Å². The van der Waals surface area contributed by atoms with Crippen LogP contribution in [-0.2, 0) is 9.59 Å². The molecule has 0 unspecified atom stereocenters. The lowest BCUT2D eigenvalue weighted by molar-refractivity contribution is -0.131. The van der Waals surface area contributed by atoms with Crippen LogP contribution in [0.3, 0.4) is 0 Å². The van der Waals surface area contributed by atoms with Gasteiger partial charge in [-0.25, -0.2) is 0 Å². The molecule has 1 aromatic rings. The molecule has 0 spiro atoms. The molecule has 3 atom stereocenters. The van der Waals surface area contributed by atoms with E-state index in [2.05, 4.69) is 17.2 Å². The monoisotopic (exact) mass is 334 g/mol. The van der Waals surface area contributed by atoms with E-state index in [0.717, 1.165) is 5.56 Å². The molecule has 1 aromatic carbocycles. The van der Waals surface area contributed by atoms with E-state index in [1.165, 1.54) is 0 Å². The highest BCUT2D eigenvalue weighted by molar-refractivity contribution is 5.86. The zero-order chi connectivity index (χ0) is 17.9. The van der Waals surface area contributed by atoms with Crippen LogP contribution in [0.2, 0.25) is 0 Å². The molecule has 0 aliphatic carbocycles. The van der Waals surface area contributed by atoms with Gasteiger partial charge in [0, 0.05) is 12.5 Å². The fourth-order valence-electron chi connectivity index (χ4n) is 2.30. The maximum Gasteiger partial charge on any atom is 0.224 e. The second kappa shape index (κ2) is 10.6. The Kier molecular flexibility index (Phi) is 8.75. The largest absolute Gasteiger partial charge is 0.394 e. The lowest BCUT2D eigenvalue weighted by atomic mass is 9.98. The summed E-state index contributed by atoms with van der Waals surface area (Å²) < 4.78 is 0. The van der Waals surface area contributed by atoms with Gasteiger partial charge < -0.3 is 20.8 Å². The Morgan fingerprint density at radius 3 is 2.38 bits per heavy atom. The lowest BCUT2D eigenvalue weighted by Crippen LogP contribution is -2.40. The Labute approximate surface area is 142 Å². The highest BCUT2D eigenvalue weighted by atomic mass is 16.3. The lowest BCUT2D eigenvalue weighted by Gasteiger charge is -2.21. The van der Waals surface area contributed by atoms with Gasteiger partial charge in [-0.1, -0.05) is 36.4 Å². The van der Waals surface area contributed by atoms with Crippen LogP contribution in [0.25, 0.3) is 0 Å². The normalized spacial score (nSPS) is 14.3. The number of aliphatic hydroxyl groups excluding tert-OH is 2. The van der Waals surface area contributed by atoms with Crippen LogP contribution in [0.15, 0.2) is 43.0 Å². The molecule has 0 aliphatic heterocycles. The molecule has 6 nitrogen and oxygen atoms in total. The molecule has 0 aliphatic rings. The topological polar surface area (TPSA) is 98.7 Å². The molecule has 24 heavy (non-hydrogen) atoms. The van der Waals surface area contributed by atoms with Crippen molar-refractivity contribution in [3.63, 3.8) is 0 Å². The van der Waals surface area contributed by atoms with Gasteiger partial charge in [-0.2, -0.15) is 0 Å². The third kappa shape index (κ3) is 6.52. The summed E-state index contributed by atoms with van der Waals surface area (Å²) in [7, 11) is 0. The van der Waals surface area contributed by atoms with Crippen LogP contribution in [0.1, 0.15) is 31.4 Å². The van der Waals surface area contributed by atoms with Gasteiger partial charge in [0.15, 0.2) is 0 Å². The number of carbonyl (C=O) groups is 2. The van der Waals surface area contributed by atoms with E-state index in [-0.39, 0.29) is 37.5 Å². The van der Waals surface area contributed by atoms with Crippen molar-refractivity contribution < 1.29 is 19.8 Å². The molecular formula is C18H26N2O4. The molecule has 0 saturated heterocycles. The summed E-state index contributed by atoms with van der Waals surface area (Å²) in [5.41, 5.74) is 0.795. The molecule has 0 bridgehead atoms. The Hall–Kier alpha value is -2.18. The Balaban J connectivity index is 2.71. The van der Waals surface area contributed by atoms with Crippen molar-refractivity contribution in [2.24, 2.45) is 5.92 Å². The number of aliphatic hydroxyl groups is 2. The first-order chi connectivity index (χ1) is 11.5. The summed E-state index contributed by atoms with van der Waals surface area (Å²) in [5.74, 6) is -1.20. The Morgan fingerprint density at radius 1 is 1.17 bits per heavy atom. The SMILES string of the molecule is C=CC[C@@H](CC(=O)N[C@H](C)CO)C(=O)N[C@H](CO)c1ccccc1. The predicted molar refractivity (Wildman–Crippen MR) is 92.0 cm³/mol. The second-order valence-corrected chi connectivity index (χ2v) is 5.73. The van der Waals surface area contributed by atoms with E-state index in [1.54, 1.807) is 13.0 Å². The van der Waals surface area contributed by atoms with Gasteiger partial charge in [0.25, 0.3) is 0 Å². The molecule has 1 rings (SSSR count). The van der Waals surface area contributed by atoms with Crippen molar-refractivity contribution in [3.8, 4) is 0 Å². The molecule has 4 N–H and O–H groups in total. The zero-order valence-corrected chi connectivity index (χ0v) is 13.9. The highest BCUT2D eigenvalue weighted by Gasteiger charge is 2.24. The van der Waals surface area contributed by atoms with Gasteiger partial charge in [-0.05, 0) is 18.9 Å². The first-order valence-corrected chi connectivity index (χ1v) is 7.99. The van der Waals surface area contributed by atoms with Crippen LogP contribution < -0.4 is 10.6 Å². The fourth-order valence-corrected chi connectivity index (χ4v) is 2.30. The molecule has 2 amide bonds. The third-order valence-electron chi connectivity index (χ3n) is 3.64. The molecule has 6 heteroatoms. The van der Waals surface area contributed by atoms with E-state index in [4.69, 9.17) is 5.11 Å². The van der Waals surface area contributed by atoms with Gasteiger partial charge >= 0.3 is 0 Å². The summed E-state index contributed by atoms with van der Waals surface area (Å²) in [6.45, 7) is 4.91. The summed E-state index contributed by atoms with van der Waals surface area (Å²) in [6.07, 6.45) is 1.93. The standard InChI is InChI=1S/C18H26N2O4/c1-3-7-15(10-17(23)19-13(2)11-21)18(24)20-16(12-22)14-8-5-4-6-9-14/h3-6,8-9,13,15-16,21-22H,1,7,10-12H2,2H3,(H,19,23)(H,20,24)/t13-,15+,16-/m1/s1. The summed E-state index contributed by atoms with van der Waals surface area (Å²) in [5, 5.41) is 23.9. The third-order valence-corrected chi connectivity index (χ3v) is 3.64. The van der Waals surface area contributed by atoms with E-state index >= 15 is 0 Å². The number of rotatable bonds is 10. The van der Waals surface area contributed by atoms with Gasteiger partial charge in [0.2, 0.25) is 11.8 Å². The van der Waals surface area contributed by atoms with Crippen LogP contribution in [0.4, 0.5) is 0 Å². The number of amides is 2. The molecule has 132 valence electrons. The van der Waals surface area contributed by atoms with E-state index in [0.29, 0.717) is 6.42 Å². The summed E-state index contributed by atoms with van der Waals surface area (Å²) >= 11 is 0. The van der Waals surface area contributed by atoms with Crippen LogP contribution in [-0.4, -0.2) is 41.3 Å². The van der Waals surface area contributed by atoms with E-state index < -0.39 is 12.0 Å². The van der Waals surface area contributed by atoms with Crippen molar-refractivity contribution in [2.75, 3.05) is 13.2 Å². The fraction of sp³-hybridized carbons (Fsp3) is 0.444. The number of carbonyl (C=O) groups excluding carboxylic acids is 2. The number of nitrogens with one attached hydrogen (secondary N) is 2. The molecule has 0 aromatic heterocycles. The van der Waals surface area contributed by atoms with Crippen molar-refractivity contribution in [3.05, 3.63) is 48.6 Å². The van der Waals surface area contributed by atoms with Gasteiger partial charge in [0.05, 0.1) is 25.2 Å². The number of allylic oxidation sites excluding steroid dienone is 1. The van der Waals surface area contributed by atoms with Crippen molar-refractivity contribution >= 4 is 11.8 Å². The van der Waals surface area contributed by atoms with Crippen molar-refractivity contribution in [1.82, 2.24) is 10.6 Å². The van der Waals surface area contributed by atoms with Crippen LogP contribution >= 0.6 is 0 Å². The molecule has 0 fully saturated rings. The second-order valence-electron chi connectivity index (χ2n) is 5.73. The van der Waals surface area contributed by atoms with Gasteiger partial charge in [0.1, 0.15) is 0 Å².